The van der Waals surface area contributed by atoms with Gasteiger partial charge in [0.2, 0.25) is 0 Å². The predicted octanol–water partition coefficient (Wildman–Crippen LogP) is 3.64. The van der Waals surface area contributed by atoms with Gasteiger partial charge in [0, 0.05) is 29.1 Å². The zero-order valence-electron chi connectivity index (χ0n) is 13.4. The number of rotatable bonds is 3. The summed E-state index contributed by atoms with van der Waals surface area (Å²) in [5.74, 6) is -0.126. The number of amides is 1. The molecule has 0 radical (unpaired) electrons. The Bertz CT molecular complexity index is 750. The Morgan fingerprint density at radius 3 is 2.88 bits per heavy atom. The summed E-state index contributed by atoms with van der Waals surface area (Å²) < 4.78 is 41.4. The van der Waals surface area contributed by atoms with Gasteiger partial charge in [0.05, 0.1) is 11.8 Å². The van der Waals surface area contributed by atoms with E-state index in [9.17, 15) is 18.0 Å². The fraction of sp³-hybridized carbons (Fsp3) is 0.500. The lowest BCUT2D eigenvalue weighted by Gasteiger charge is -2.22. The Hall–Kier alpha value is -1.83. The van der Waals surface area contributed by atoms with E-state index in [4.69, 9.17) is 0 Å². The predicted molar refractivity (Wildman–Crippen MR) is 85.0 cm³/mol. The van der Waals surface area contributed by atoms with Crippen LogP contribution in [0.5, 0.6) is 0 Å². The van der Waals surface area contributed by atoms with Gasteiger partial charge in [-0.25, -0.2) is 0 Å². The highest BCUT2D eigenvalue weighted by molar-refractivity contribution is 7.10. The third-order valence-electron chi connectivity index (χ3n) is 4.31. The number of aromatic nitrogens is 2. The van der Waals surface area contributed by atoms with E-state index in [1.165, 1.54) is 29.3 Å². The van der Waals surface area contributed by atoms with Crippen molar-refractivity contribution in [1.29, 1.82) is 0 Å². The molecule has 1 aliphatic rings. The molecule has 2 aromatic heterocycles. The van der Waals surface area contributed by atoms with Gasteiger partial charge < -0.3 is 5.32 Å². The molecule has 1 amide bonds. The summed E-state index contributed by atoms with van der Waals surface area (Å²) in [5, 5.41) is 7.58. The minimum absolute atomic E-state index is 0.0731. The Morgan fingerprint density at radius 1 is 1.50 bits per heavy atom. The number of halogens is 3. The molecule has 2 atom stereocenters. The van der Waals surface area contributed by atoms with Crippen LogP contribution in [0.2, 0.25) is 0 Å². The van der Waals surface area contributed by atoms with Crippen molar-refractivity contribution in [2.24, 2.45) is 13.0 Å². The van der Waals surface area contributed by atoms with Gasteiger partial charge >= 0.3 is 6.18 Å². The second kappa shape index (κ2) is 6.23. The van der Waals surface area contributed by atoms with E-state index >= 15 is 0 Å². The zero-order valence-corrected chi connectivity index (χ0v) is 14.2. The Kier molecular flexibility index (Phi) is 4.42. The summed E-state index contributed by atoms with van der Waals surface area (Å²) in [4.78, 5) is 13.6. The summed E-state index contributed by atoms with van der Waals surface area (Å²) >= 11 is 1.46. The highest BCUT2D eigenvalue weighted by atomic mass is 32.1. The number of aryl methyl sites for hydroxylation is 1. The molecule has 0 spiro atoms. The highest BCUT2D eigenvalue weighted by Gasteiger charge is 2.43. The normalized spacial score (nSPS) is 19.0. The van der Waals surface area contributed by atoms with Crippen LogP contribution in [-0.4, -0.2) is 21.9 Å². The second-order valence-electron chi connectivity index (χ2n) is 6.29. The minimum Gasteiger partial charge on any atom is -0.337 e. The molecule has 130 valence electrons. The Balaban J connectivity index is 1.84. The first kappa shape index (κ1) is 17.0. The van der Waals surface area contributed by atoms with Gasteiger partial charge in [0.1, 0.15) is 0 Å². The van der Waals surface area contributed by atoms with Crippen molar-refractivity contribution in [3.8, 4) is 0 Å². The Labute approximate surface area is 141 Å². The fourth-order valence-electron chi connectivity index (χ4n) is 3.02. The molecule has 2 aromatic rings. The number of hydrogen-bond donors (Lipinski definition) is 1. The van der Waals surface area contributed by atoms with Crippen LogP contribution in [0.4, 0.5) is 13.2 Å². The first-order chi connectivity index (χ1) is 11.3. The molecule has 1 N–H and O–H groups in total. The molecule has 8 heteroatoms. The lowest BCUT2D eigenvalue weighted by molar-refractivity contribution is -0.155. The molecule has 0 fully saturated rings. The Morgan fingerprint density at radius 2 is 2.25 bits per heavy atom. The van der Waals surface area contributed by atoms with Gasteiger partial charge in [-0.3, -0.25) is 9.48 Å². The van der Waals surface area contributed by atoms with Crippen LogP contribution in [0.1, 0.15) is 45.7 Å². The van der Waals surface area contributed by atoms with Crippen LogP contribution >= 0.6 is 11.3 Å². The van der Waals surface area contributed by atoms with Crippen LogP contribution in [-0.2, 0) is 19.9 Å². The van der Waals surface area contributed by atoms with E-state index < -0.39 is 18.1 Å². The third kappa shape index (κ3) is 3.33. The zero-order chi connectivity index (χ0) is 17.5. The lowest BCUT2D eigenvalue weighted by atomic mass is 9.88. The largest absolute Gasteiger partial charge is 0.413 e. The fourth-order valence-corrected chi connectivity index (χ4v) is 4.26. The van der Waals surface area contributed by atoms with E-state index in [2.05, 4.69) is 17.3 Å². The van der Waals surface area contributed by atoms with E-state index in [-0.39, 0.29) is 5.56 Å². The van der Waals surface area contributed by atoms with Crippen molar-refractivity contribution >= 4 is 17.2 Å². The van der Waals surface area contributed by atoms with Crippen molar-refractivity contribution in [2.75, 3.05) is 0 Å². The molecule has 0 saturated carbocycles. The summed E-state index contributed by atoms with van der Waals surface area (Å²) in [5.41, 5.74) is 1.21. The van der Waals surface area contributed by atoms with Gasteiger partial charge in [0.25, 0.3) is 5.91 Å². The smallest absolute Gasteiger partial charge is 0.337 e. The van der Waals surface area contributed by atoms with Crippen molar-refractivity contribution in [3.05, 3.63) is 39.3 Å². The number of alkyl halides is 3. The third-order valence-corrected chi connectivity index (χ3v) is 5.36. The maximum Gasteiger partial charge on any atom is 0.413 e. The molecule has 0 aromatic carbocycles. The highest BCUT2D eigenvalue weighted by Crippen LogP contribution is 2.35. The van der Waals surface area contributed by atoms with Gasteiger partial charge in [-0.1, -0.05) is 6.92 Å². The van der Waals surface area contributed by atoms with Crippen LogP contribution in [0, 0.1) is 5.92 Å². The molecule has 0 aliphatic heterocycles. The maximum absolute atomic E-state index is 13.4. The summed E-state index contributed by atoms with van der Waals surface area (Å²) in [6.07, 6.45) is 0.399. The summed E-state index contributed by atoms with van der Waals surface area (Å²) in [6.45, 7) is 2.14. The number of nitrogens with one attached hydrogen (secondary N) is 1. The van der Waals surface area contributed by atoms with Crippen molar-refractivity contribution in [2.45, 2.75) is 38.4 Å². The monoisotopic (exact) mass is 357 g/mol. The first-order valence-electron chi connectivity index (χ1n) is 7.71. The number of thiophene rings is 1. The van der Waals surface area contributed by atoms with Gasteiger partial charge in [-0.15, -0.1) is 11.3 Å². The van der Waals surface area contributed by atoms with Gasteiger partial charge in [-0.05, 0) is 30.7 Å². The van der Waals surface area contributed by atoms with E-state index in [0.717, 1.165) is 35.9 Å². The van der Waals surface area contributed by atoms with E-state index in [1.54, 1.807) is 5.38 Å². The van der Waals surface area contributed by atoms with Crippen LogP contribution in [0.3, 0.4) is 0 Å². The molecule has 4 nitrogen and oxygen atoms in total. The number of carbonyl (C=O) groups excluding carboxylic acids is 1. The number of carbonyl (C=O) groups is 1. The maximum atomic E-state index is 13.4. The second-order valence-corrected chi connectivity index (χ2v) is 7.26. The standard InChI is InChI=1S/C16H18F3N3OS/c1-9-3-4-11-12(8-24-13(11)5-9)15(23)21-14(16(17,18)19)10-6-20-22(2)7-10/h6-9,14H,3-5H2,1-2H3,(H,21,23)/t9-,14-/m0/s1. The summed E-state index contributed by atoms with van der Waals surface area (Å²) in [6, 6.07) is -2.06. The number of nitrogens with zero attached hydrogens (tertiary/aromatic N) is 2. The van der Waals surface area contributed by atoms with Crippen molar-refractivity contribution in [3.63, 3.8) is 0 Å². The molecule has 1 aliphatic carbocycles. The van der Waals surface area contributed by atoms with E-state index in [1.807, 2.05) is 0 Å². The average Bonchev–Trinajstić information content (AvgIpc) is 3.09. The molecular formula is C16H18F3N3OS. The SMILES string of the molecule is C[C@H]1CCc2c(C(=O)N[C@@H](c3cnn(C)c3)C(F)(F)F)csc2C1. The average molecular weight is 357 g/mol. The van der Waals surface area contributed by atoms with Gasteiger partial charge in [0.15, 0.2) is 6.04 Å². The van der Waals surface area contributed by atoms with E-state index in [0.29, 0.717) is 11.5 Å². The molecule has 24 heavy (non-hydrogen) atoms. The number of fused-ring (bicyclic) bond motifs is 1. The molecule has 0 unspecified atom stereocenters. The van der Waals surface area contributed by atoms with Gasteiger partial charge in [-0.2, -0.15) is 18.3 Å². The van der Waals surface area contributed by atoms with Crippen LogP contribution in [0.25, 0.3) is 0 Å². The molecule has 0 bridgehead atoms. The van der Waals surface area contributed by atoms with Crippen molar-refractivity contribution in [1.82, 2.24) is 15.1 Å². The summed E-state index contributed by atoms with van der Waals surface area (Å²) in [7, 11) is 1.54. The quantitative estimate of drug-likeness (QED) is 0.912. The molecule has 3 rings (SSSR count). The van der Waals surface area contributed by atoms with Crippen molar-refractivity contribution < 1.29 is 18.0 Å². The lowest BCUT2D eigenvalue weighted by Crippen LogP contribution is -2.38. The minimum atomic E-state index is -4.58. The van der Waals surface area contributed by atoms with Crippen LogP contribution < -0.4 is 5.32 Å². The number of hydrogen-bond acceptors (Lipinski definition) is 3. The van der Waals surface area contributed by atoms with Crippen LogP contribution in [0.15, 0.2) is 17.8 Å². The first-order valence-corrected chi connectivity index (χ1v) is 8.59. The molecular weight excluding hydrogens is 339 g/mol. The molecule has 2 heterocycles. The molecule has 0 saturated heterocycles. The topological polar surface area (TPSA) is 46.9 Å².